The Bertz CT molecular complexity index is 531. The highest BCUT2D eigenvalue weighted by molar-refractivity contribution is 5.66. The molecule has 1 aromatic heterocycles. The molecule has 2 rings (SSSR count). The molecule has 0 radical (unpaired) electrons. The van der Waals surface area contributed by atoms with E-state index < -0.39 is 5.97 Å². The molecule has 0 saturated heterocycles. The Kier molecular flexibility index (Phi) is 3.72. The summed E-state index contributed by atoms with van der Waals surface area (Å²) in [5.74, 6) is -0.00903. The van der Waals surface area contributed by atoms with Crippen molar-refractivity contribution < 1.29 is 9.90 Å². The molecule has 0 atom stereocenters. The number of aryl methyl sites for hydroxylation is 2. The first-order chi connectivity index (χ1) is 8.65. The fraction of sp³-hybridized carbons (Fsp3) is 0.308. The highest BCUT2D eigenvalue weighted by atomic mass is 16.4. The predicted octanol–water partition coefficient (Wildman–Crippen LogP) is 1.98. The van der Waals surface area contributed by atoms with Crippen LogP contribution in [0.3, 0.4) is 0 Å². The third-order valence-electron chi connectivity index (χ3n) is 2.66. The van der Waals surface area contributed by atoms with Crippen LogP contribution in [-0.2, 0) is 11.2 Å². The average Bonchev–Trinajstić information content (AvgIpc) is 2.76. The molecule has 5 heteroatoms. The van der Waals surface area contributed by atoms with E-state index in [1.165, 1.54) is 0 Å². The Hall–Kier alpha value is -2.17. The third kappa shape index (κ3) is 3.16. The van der Waals surface area contributed by atoms with Crippen molar-refractivity contribution in [3.8, 4) is 5.69 Å². The van der Waals surface area contributed by atoms with Gasteiger partial charge in [-0.3, -0.25) is 4.79 Å². The Balaban J connectivity index is 1.99. The maximum absolute atomic E-state index is 10.4. The molecule has 1 N–H and O–H groups in total. The molecule has 0 aliphatic carbocycles. The molecule has 0 saturated carbocycles. The molecule has 2 aromatic rings. The monoisotopic (exact) mass is 245 g/mol. The van der Waals surface area contributed by atoms with Gasteiger partial charge in [-0.2, -0.15) is 5.10 Å². The predicted molar refractivity (Wildman–Crippen MR) is 66.7 cm³/mol. The summed E-state index contributed by atoms with van der Waals surface area (Å²) in [7, 11) is 0. The number of benzene rings is 1. The van der Waals surface area contributed by atoms with E-state index >= 15 is 0 Å². The highest BCUT2D eigenvalue weighted by Gasteiger charge is 2.01. The second-order valence-corrected chi connectivity index (χ2v) is 4.15. The van der Waals surface area contributed by atoms with E-state index in [1.807, 2.05) is 31.2 Å². The van der Waals surface area contributed by atoms with Crippen LogP contribution in [0.5, 0.6) is 0 Å². The van der Waals surface area contributed by atoms with Crippen molar-refractivity contribution in [2.45, 2.75) is 26.2 Å². The summed E-state index contributed by atoms with van der Waals surface area (Å²) in [6.45, 7) is 1.84. The van der Waals surface area contributed by atoms with Crippen LogP contribution in [0.4, 0.5) is 0 Å². The van der Waals surface area contributed by atoms with Crippen molar-refractivity contribution in [3.63, 3.8) is 0 Å². The van der Waals surface area contributed by atoms with Crippen molar-refractivity contribution in [1.29, 1.82) is 0 Å². The number of aliphatic carboxylic acids is 1. The largest absolute Gasteiger partial charge is 0.481 e. The normalized spacial score (nSPS) is 10.5. The fourth-order valence-corrected chi connectivity index (χ4v) is 1.73. The highest BCUT2D eigenvalue weighted by Crippen LogP contribution is 2.11. The Morgan fingerprint density at radius 2 is 2.06 bits per heavy atom. The zero-order valence-corrected chi connectivity index (χ0v) is 10.2. The molecule has 94 valence electrons. The van der Waals surface area contributed by atoms with Crippen LogP contribution in [-0.4, -0.2) is 25.8 Å². The Morgan fingerprint density at radius 3 is 2.61 bits per heavy atom. The van der Waals surface area contributed by atoms with E-state index in [4.69, 9.17) is 5.11 Å². The molecule has 0 aliphatic rings. The van der Waals surface area contributed by atoms with E-state index in [9.17, 15) is 4.79 Å². The molecule has 5 nitrogen and oxygen atoms in total. The lowest BCUT2D eigenvalue weighted by Gasteiger charge is -2.03. The molecule has 18 heavy (non-hydrogen) atoms. The average molecular weight is 245 g/mol. The first kappa shape index (κ1) is 12.3. The van der Waals surface area contributed by atoms with Gasteiger partial charge in [-0.25, -0.2) is 9.67 Å². The van der Waals surface area contributed by atoms with E-state index in [2.05, 4.69) is 10.1 Å². The topological polar surface area (TPSA) is 68.0 Å². The van der Waals surface area contributed by atoms with Crippen molar-refractivity contribution >= 4 is 5.97 Å². The summed E-state index contributed by atoms with van der Waals surface area (Å²) < 4.78 is 1.72. The van der Waals surface area contributed by atoms with Crippen LogP contribution >= 0.6 is 0 Å². The van der Waals surface area contributed by atoms with E-state index in [0.717, 1.165) is 23.5 Å². The van der Waals surface area contributed by atoms with Crippen LogP contribution in [0.25, 0.3) is 5.69 Å². The first-order valence-corrected chi connectivity index (χ1v) is 5.84. The summed E-state index contributed by atoms with van der Waals surface area (Å²) in [6, 6.07) is 7.91. The summed E-state index contributed by atoms with van der Waals surface area (Å²) >= 11 is 0. The summed E-state index contributed by atoms with van der Waals surface area (Å²) in [6.07, 6.45) is 3.33. The first-order valence-electron chi connectivity index (χ1n) is 5.84. The van der Waals surface area contributed by atoms with E-state index in [0.29, 0.717) is 6.42 Å². The van der Waals surface area contributed by atoms with Gasteiger partial charge in [0, 0.05) is 6.42 Å². The van der Waals surface area contributed by atoms with Gasteiger partial charge in [0.25, 0.3) is 0 Å². The summed E-state index contributed by atoms with van der Waals surface area (Å²) in [5.41, 5.74) is 2.09. The molecule has 0 bridgehead atoms. The molecule has 0 amide bonds. The maximum atomic E-state index is 10.4. The van der Waals surface area contributed by atoms with Gasteiger partial charge in [0.15, 0.2) is 0 Å². The smallest absolute Gasteiger partial charge is 0.303 e. The minimum Gasteiger partial charge on any atom is -0.481 e. The Morgan fingerprint density at radius 1 is 1.33 bits per heavy atom. The van der Waals surface area contributed by atoms with Gasteiger partial charge >= 0.3 is 5.97 Å². The van der Waals surface area contributed by atoms with Crippen molar-refractivity contribution in [1.82, 2.24) is 14.8 Å². The van der Waals surface area contributed by atoms with E-state index in [1.54, 1.807) is 11.0 Å². The molecular formula is C13H15N3O2. The third-order valence-corrected chi connectivity index (χ3v) is 2.66. The van der Waals surface area contributed by atoms with Crippen LogP contribution < -0.4 is 0 Å². The zero-order chi connectivity index (χ0) is 13.0. The van der Waals surface area contributed by atoms with Crippen LogP contribution in [0.1, 0.15) is 24.2 Å². The van der Waals surface area contributed by atoms with Gasteiger partial charge in [0.2, 0.25) is 0 Å². The number of aromatic nitrogens is 3. The Labute approximate surface area is 105 Å². The lowest BCUT2D eigenvalue weighted by atomic mass is 10.1. The van der Waals surface area contributed by atoms with Crippen LogP contribution in [0, 0.1) is 6.92 Å². The van der Waals surface area contributed by atoms with Crippen molar-refractivity contribution in [2.24, 2.45) is 0 Å². The number of hydrogen-bond acceptors (Lipinski definition) is 3. The molecule has 0 unspecified atom stereocenters. The SMILES string of the molecule is Cc1ncn(-c2ccc(CCCC(=O)O)cc2)n1. The minimum atomic E-state index is -0.746. The van der Waals surface area contributed by atoms with E-state index in [-0.39, 0.29) is 6.42 Å². The second kappa shape index (κ2) is 5.44. The lowest BCUT2D eigenvalue weighted by Crippen LogP contribution is -1.97. The van der Waals surface area contributed by atoms with Gasteiger partial charge in [-0.1, -0.05) is 12.1 Å². The number of hydrogen-bond donors (Lipinski definition) is 1. The summed E-state index contributed by atoms with van der Waals surface area (Å²) in [5, 5.41) is 12.8. The van der Waals surface area contributed by atoms with Gasteiger partial charge in [0.1, 0.15) is 12.2 Å². The molecule has 1 aromatic carbocycles. The zero-order valence-electron chi connectivity index (χ0n) is 10.2. The quantitative estimate of drug-likeness (QED) is 0.874. The van der Waals surface area contributed by atoms with Gasteiger partial charge in [0.05, 0.1) is 5.69 Å². The number of nitrogens with zero attached hydrogens (tertiary/aromatic N) is 3. The van der Waals surface area contributed by atoms with Crippen molar-refractivity contribution in [2.75, 3.05) is 0 Å². The molecule has 0 fully saturated rings. The molecule has 0 aliphatic heterocycles. The fourth-order valence-electron chi connectivity index (χ4n) is 1.73. The molecular weight excluding hydrogens is 230 g/mol. The number of carboxylic acids is 1. The molecule has 1 heterocycles. The maximum Gasteiger partial charge on any atom is 0.303 e. The lowest BCUT2D eigenvalue weighted by molar-refractivity contribution is -0.137. The molecule has 0 spiro atoms. The number of rotatable bonds is 5. The van der Waals surface area contributed by atoms with Crippen LogP contribution in [0.2, 0.25) is 0 Å². The minimum absolute atomic E-state index is 0.212. The van der Waals surface area contributed by atoms with Gasteiger partial charge in [-0.15, -0.1) is 0 Å². The van der Waals surface area contributed by atoms with Gasteiger partial charge < -0.3 is 5.11 Å². The van der Waals surface area contributed by atoms with Crippen LogP contribution in [0.15, 0.2) is 30.6 Å². The number of carbonyl (C=O) groups is 1. The van der Waals surface area contributed by atoms with Crippen molar-refractivity contribution in [3.05, 3.63) is 42.0 Å². The standard InChI is InChI=1S/C13H15N3O2/c1-10-14-9-16(15-10)12-7-5-11(6-8-12)3-2-4-13(17)18/h5-9H,2-4H2,1H3,(H,17,18). The van der Waals surface area contributed by atoms with Gasteiger partial charge in [-0.05, 0) is 37.5 Å². The summed E-state index contributed by atoms with van der Waals surface area (Å²) in [4.78, 5) is 14.5. The second-order valence-electron chi connectivity index (χ2n) is 4.15. The number of carboxylic acid groups (broad SMARTS) is 1.